The summed E-state index contributed by atoms with van der Waals surface area (Å²) in [6.45, 7) is 3.24. The summed E-state index contributed by atoms with van der Waals surface area (Å²) < 4.78 is 0. The van der Waals surface area contributed by atoms with Gasteiger partial charge in [-0.3, -0.25) is 4.79 Å². The number of carbonyl (C=O) groups is 1. The van der Waals surface area contributed by atoms with Gasteiger partial charge >= 0.3 is 0 Å². The fourth-order valence-corrected chi connectivity index (χ4v) is 3.00. The molecule has 2 bridgehead atoms. The maximum absolute atomic E-state index is 11.9. The van der Waals surface area contributed by atoms with Crippen LogP contribution in [0.1, 0.15) is 39.0 Å². The zero-order chi connectivity index (χ0) is 10.5. The predicted octanol–water partition coefficient (Wildman–Crippen LogP) is 1.04. The second kappa shape index (κ2) is 3.21. The smallest absolute Gasteiger partial charge is 0.226 e. The monoisotopic (exact) mass is 208 g/mol. The van der Waals surface area contributed by atoms with Gasteiger partial charge in [0.25, 0.3) is 0 Å². The van der Waals surface area contributed by atoms with Gasteiger partial charge in [0.2, 0.25) is 5.91 Å². The lowest BCUT2D eigenvalue weighted by Gasteiger charge is -2.28. The average Bonchev–Trinajstić information content (AvgIpc) is 2.86. The number of hydrogen-bond acceptors (Lipinski definition) is 2. The van der Waals surface area contributed by atoms with Crippen LogP contribution in [0.25, 0.3) is 0 Å². The summed E-state index contributed by atoms with van der Waals surface area (Å²) >= 11 is 0. The molecule has 0 radical (unpaired) electrons. The van der Waals surface area contributed by atoms with Crippen molar-refractivity contribution in [2.45, 2.75) is 51.1 Å². The first kappa shape index (κ1) is 9.64. The summed E-state index contributed by atoms with van der Waals surface area (Å²) in [4.78, 5) is 11.9. The maximum atomic E-state index is 11.9. The van der Waals surface area contributed by atoms with E-state index in [9.17, 15) is 4.79 Å². The Balaban J connectivity index is 1.57. The molecule has 3 rings (SSSR count). The highest BCUT2D eigenvalue weighted by Crippen LogP contribution is 2.45. The summed E-state index contributed by atoms with van der Waals surface area (Å²) in [6, 6.07) is 1.11. The van der Waals surface area contributed by atoms with Crippen molar-refractivity contribution in [1.82, 2.24) is 10.6 Å². The van der Waals surface area contributed by atoms with Crippen molar-refractivity contribution in [3.05, 3.63) is 0 Å². The largest absolute Gasteiger partial charge is 0.353 e. The Morgan fingerprint density at radius 3 is 2.80 bits per heavy atom. The average molecular weight is 208 g/mol. The van der Waals surface area contributed by atoms with E-state index in [1.165, 1.54) is 12.8 Å². The van der Waals surface area contributed by atoms with E-state index in [1.807, 2.05) is 0 Å². The van der Waals surface area contributed by atoms with Crippen molar-refractivity contribution < 1.29 is 4.79 Å². The highest BCUT2D eigenvalue weighted by Gasteiger charge is 2.46. The van der Waals surface area contributed by atoms with Gasteiger partial charge in [-0.25, -0.2) is 0 Å². The van der Waals surface area contributed by atoms with Crippen LogP contribution >= 0.6 is 0 Å². The van der Waals surface area contributed by atoms with Gasteiger partial charge in [0.05, 0.1) is 0 Å². The zero-order valence-corrected chi connectivity index (χ0v) is 9.38. The maximum Gasteiger partial charge on any atom is 0.226 e. The first-order valence-electron chi connectivity index (χ1n) is 6.20. The van der Waals surface area contributed by atoms with Crippen molar-refractivity contribution in [1.29, 1.82) is 0 Å². The fraction of sp³-hybridized carbons (Fsp3) is 0.917. The number of carbonyl (C=O) groups excluding carboxylic acids is 1. The topological polar surface area (TPSA) is 41.1 Å². The lowest BCUT2D eigenvalue weighted by Crippen LogP contribution is -2.43. The van der Waals surface area contributed by atoms with Crippen LogP contribution in [-0.2, 0) is 4.79 Å². The molecular weight excluding hydrogens is 188 g/mol. The zero-order valence-electron chi connectivity index (χ0n) is 9.38. The van der Waals surface area contributed by atoms with Gasteiger partial charge in [-0.2, -0.15) is 0 Å². The molecule has 1 saturated heterocycles. The molecule has 3 heteroatoms. The number of rotatable bonds is 2. The van der Waals surface area contributed by atoms with Gasteiger partial charge in [0.1, 0.15) is 0 Å². The molecule has 0 aromatic heterocycles. The third-order valence-corrected chi connectivity index (χ3v) is 4.38. The Labute approximate surface area is 91.0 Å². The molecule has 0 aromatic carbocycles. The second-order valence-corrected chi connectivity index (χ2v) is 5.91. The molecule has 3 nitrogen and oxygen atoms in total. The van der Waals surface area contributed by atoms with E-state index in [0.29, 0.717) is 18.0 Å². The molecule has 15 heavy (non-hydrogen) atoms. The van der Waals surface area contributed by atoms with E-state index in [0.717, 1.165) is 31.7 Å². The summed E-state index contributed by atoms with van der Waals surface area (Å²) in [5.41, 5.74) is -0.01000. The van der Waals surface area contributed by atoms with Crippen molar-refractivity contribution >= 4 is 5.91 Å². The molecule has 1 heterocycles. The van der Waals surface area contributed by atoms with Crippen molar-refractivity contribution in [3.8, 4) is 0 Å². The summed E-state index contributed by atoms with van der Waals surface area (Å²) in [5.74, 6) is 1.11. The van der Waals surface area contributed by atoms with Crippen LogP contribution in [0.2, 0.25) is 0 Å². The Morgan fingerprint density at radius 1 is 1.33 bits per heavy atom. The van der Waals surface area contributed by atoms with Crippen LogP contribution in [-0.4, -0.2) is 24.5 Å². The Hall–Kier alpha value is -0.570. The SMILES string of the molecule is CC1(C(=O)NC2CC3CNC(C3)C2)CC1. The minimum Gasteiger partial charge on any atom is -0.353 e. The lowest BCUT2D eigenvalue weighted by atomic mass is 9.86. The Morgan fingerprint density at radius 2 is 2.13 bits per heavy atom. The molecule has 84 valence electrons. The quantitative estimate of drug-likeness (QED) is 0.712. The van der Waals surface area contributed by atoms with Crippen LogP contribution in [0.15, 0.2) is 0 Å². The molecule has 2 aliphatic carbocycles. The van der Waals surface area contributed by atoms with Crippen LogP contribution in [0, 0.1) is 11.3 Å². The van der Waals surface area contributed by atoms with Crippen LogP contribution < -0.4 is 10.6 Å². The third-order valence-electron chi connectivity index (χ3n) is 4.38. The molecular formula is C12H20N2O. The van der Waals surface area contributed by atoms with Gasteiger partial charge < -0.3 is 10.6 Å². The number of hydrogen-bond donors (Lipinski definition) is 2. The molecule has 3 aliphatic rings. The molecule has 3 fully saturated rings. The molecule has 3 atom stereocenters. The van der Waals surface area contributed by atoms with Crippen molar-refractivity contribution in [2.24, 2.45) is 11.3 Å². The summed E-state index contributed by atoms with van der Waals surface area (Å²) in [5, 5.41) is 6.77. The van der Waals surface area contributed by atoms with E-state index >= 15 is 0 Å². The van der Waals surface area contributed by atoms with Gasteiger partial charge in [-0.1, -0.05) is 6.92 Å². The standard InChI is InChI=1S/C12H20N2O/c1-12(2-3-12)11(15)14-10-5-8-4-9(6-10)13-7-8/h8-10,13H,2-7H2,1H3,(H,14,15). The highest BCUT2D eigenvalue weighted by atomic mass is 16.2. The van der Waals surface area contributed by atoms with Crippen LogP contribution in [0.5, 0.6) is 0 Å². The first-order valence-corrected chi connectivity index (χ1v) is 6.20. The molecule has 0 spiro atoms. The number of fused-ring (bicyclic) bond motifs is 2. The Bertz CT molecular complexity index is 273. The Kier molecular flexibility index (Phi) is 2.06. The van der Waals surface area contributed by atoms with Gasteiger partial charge in [-0.15, -0.1) is 0 Å². The molecule has 0 aromatic rings. The second-order valence-electron chi connectivity index (χ2n) is 5.91. The van der Waals surface area contributed by atoms with E-state index < -0.39 is 0 Å². The summed E-state index contributed by atoms with van der Waals surface area (Å²) in [7, 11) is 0. The van der Waals surface area contributed by atoms with E-state index in [1.54, 1.807) is 0 Å². The molecule has 2 saturated carbocycles. The van der Waals surface area contributed by atoms with E-state index in [2.05, 4.69) is 17.6 Å². The predicted molar refractivity (Wildman–Crippen MR) is 58.4 cm³/mol. The number of nitrogens with one attached hydrogen (secondary N) is 2. The highest BCUT2D eigenvalue weighted by molar-refractivity contribution is 5.85. The van der Waals surface area contributed by atoms with Crippen LogP contribution in [0.3, 0.4) is 0 Å². The van der Waals surface area contributed by atoms with Crippen molar-refractivity contribution in [2.75, 3.05) is 6.54 Å². The van der Waals surface area contributed by atoms with Gasteiger partial charge in [0.15, 0.2) is 0 Å². The minimum absolute atomic E-state index is 0.01000. The van der Waals surface area contributed by atoms with Gasteiger partial charge in [0, 0.05) is 17.5 Å². The first-order chi connectivity index (χ1) is 7.16. The lowest BCUT2D eigenvalue weighted by molar-refractivity contribution is -0.126. The molecule has 1 amide bonds. The van der Waals surface area contributed by atoms with Crippen LogP contribution in [0.4, 0.5) is 0 Å². The van der Waals surface area contributed by atoms with E-state index in [-0.39, 0.29) is 5.41 Å². The minimum atomic E-state index is -0.01000. The molecule has 3 unspecified atom stereocenters. The number of amides is 1. The molecule has 1 aliphatic heterocycles. The van der Waals surface area contributed by atoms with E-state index in [4.69, 9.17) is 0 Å². The third kappa shape index (κ3) is 1.78. The van der Waals surface area contributed by atoms with Crippen molar-refractivity contribution in [3.63, 3.8) is 0 Å². The fourth-order valence-electron chi connectivity index (χ4n) is 3.00. The summed E-state index contributed by atoms with van der Waals surface area (Å²) in [6.07, 6.45) is 5.81. The normalized spacial score (nSPS) is 41.3. The molecule has 2 N–H and O–H groups in total. The van der Waals surface area contributed by atoms with Gasteiger partial charge in [-0.05, 0) is 44.6 Å².